The maximum absolute atomic E-state index is 5.89. The Balaban J connectivity index is 1.48. The smallest absolute Gasteiger partial charge is 0.104 e. The third-order valence-corrected chi connectivity index (χ3v) is 5.73. The van der Waals surface area contributed by atoms with Gasteiger partial charge in [0.1, 0.15) is 31.8 Å². The molecule has 0 radical (unpaired) electrons. The topological polar surface area (TPSA) is 18.1 Å². The number of likely N-dealkylation sites (tertiary alicyclic amines) is 1. The predicted octanol–water partition coefficient (Wildman–Crippen LogP) is 0.689. The number of morpholine rings is 1. The molecule has 0 spiro atoms. The van der Waals surface area contributed by atoms with Crippen LogP contribution in [-0.4, -0.2) is 44.4 Å². The van der Waals surface area contributed by atoms with Crippen LogP contribution in [0.5, 0.6) is 0 Å². The van der Waals surface area contributed by atoms with Gasteiger partial charge in [-0.05, 0) is 26.0 Å². The van der Waals surface area contributed by atoms with Crippen molar-refractivity contribution in [3.05, 3.63) is 34.3 Å². The van der Waals surface area contributed by atoms with Crippen molar-refractivity contribution in [2.24, 2.45) is 0 Å². The molecule has 0 unspecified atom stereocenters. The van der Waals surface area contributed by atoms with Crippen LogP contribution in [0.1, 0.15) is 32.3 Å². The molecule has 4 heteroatoms. The van der Waals surface area contributed by atoms with Crippen molar-refractivity contribution < 1.29 is 14.5 Å². The van der Waals surface area contributed by atoms with Crippen molar-refractivity contribution in [2.45, 2.75) is 51.5 Å². The Bertz CT molecular complexity index is 460. The number of hydrogen-bond acceptors (Lipinski definition) is 1. The van der Waals surface area contributed by atoms with Crippen molar-refractivity contribution in [1.29, 1.82) is 0 Å². The molecule has 3 rings (SSSR count). The van der Waals surface area contributed by atoms with Crippen LogP contribution in [0, 0.1) is 0 Å². The second-order valence-corrected chi connectivity index (χ2v) is 8.07. The van der Waals surface area contributed by atoms with Gasteiger partial charge in [0.05, 0.1) is 19.1 Å². The molecule has 22 heavy (non-hydrogen) atoms. The van der Waals surface area contributed by atoms with Crippen LogP contribution < -0.4 is 9.80 Å². The molecular formula is C18H29BrN2O+2. The van der Waals surface area contributed by atoms with Gasteiger partial charge in [0.2, 0.25) is 0 Å². The van der Waals surface area contributed by atoms with Crippen molar-refractivity contribution in [2.75, 3.05) is 26.2 Å². The van der Waals surface area contributed by atoms with Crippen molar-refractivity contribution in [1.82, 2.24) is 0 Å². The minimum Gasteiger partial charge on any atom is -0.364 e. The van der Waals surface area contributed by atoms with Gasteiger partial charge >= 0.3 is 0 Å². The standard InChI is InChI=1S/C18H27BrN2O/c1-14-11-21(12-15(2)22-14)18-7-9-20(10-8-18)13-16-3-5-17(19)6-4-16/h3-6,14-15,18H,7-13H2,1-2H3/p+2/t14-,15-/m1/s1. The molecule has 3 nitrogen and oxygen atoms in total. The van der Waals surface area contributed by atoms with E-state index in [1.165, 1.54) is 55.6 Å². The molecule has 0 saturated carbocycles. The first-order valence-electron chi connectivity index (χ1n) is 8.68. The van der Waals surface area contributed by atoms with E-state index in [0.717, 1.165) is 6.04 Å². The molecule has 2 N–H and O–H groups in total. The molecular weight excluding hydrogens is 340 g/mol. The zero-order chi connectivity index (χ0) is 15.5. The fourth-order valence-corrected chi connectivity index (χ4v) is 4.41. The highest BCUT2D eigenvalue weighted by molar-refractivity contribution is 9.10. The van der Waals surface area contributed by atoms with Crippen LogP contribution in [0.15, 0.2) is 28.7 Å². The maximum atomic E-state index is 5.89. The quantitative estimate of drug-likeness (QED) is 0.803. The van der Waals surface area contributed by atoms with E-state index in [1.807, 2.05) is 0 Å². The van der Waals surface area contributed by atoms with Crippen molar-refractivity contribution >= 4 is 15.9 Å². The summed E-state index contributed by atoms with van der Waals surface area (Å²) in [6.45, 7) is 10.6. The average Bonchev–Trinajstić information content (AvgIpc) is 2.49. The monoisotopic (exact) mass is 368 g/mol. The van der Waals surface area contributed by atoms with Crippen LogP contribution in [0.2, 0.25) is 0 Å². The number of benzene rings is 1. The Morgan fingerprint density at radius 2 is 1.64 bits per heavy atom. The zero-order valence-electron chi connectivity index (χ0n) is 13.8. The lowest BCUT2D eigenvalue weighted by molar-refractivity contribution is -0.970. The Morgan fingerprint density at radius 3 is 2.23 bits per heavy atom. The van der Waals surface area contributed by atoms with Crippen LogP contribution in [0.4, 0.5) is 0 Å². The van der Waals surface area contributed by atoms with Crippen molar-refractivity contribution in [3.8, 4) is 0 Å². The van der Waals surface area contributed by atoms with Gasteiger partial charge in [-0.1, -0.05) is 28.1 Å². The highest BCUT2D eigenvalue weighted by atomic mass is 79.9. The number of piperidine rings is 1. The highest BCUT2D eigenvalue weighted by Gasteiger charge is 2.34. The molecule has 0 aromatic heterocycles. The second kappa shape index (κ2) is 7.43. The Labute approximate surface area is 142 Å². The summed E-state index contributed by atoms with van der Waals surface area (Å²) >= 11 is 3.51. The van der Waals surface area contributed by atoms with Crippen LogP contribution in [0.3, 0.4) is 0 Å². The summed E-state index contributed by atoms with van der Waals surface area (Å²) in [6, 6.07) is 9.66. The summed E-state index contributed by atoms with van der Waals surface area (Å²) in [5.74, 6) is 0. The van der Waals surface area contributed by atoms with E-state index in [4.69, 9.17) is 4.74 Å². The minimum absolute atomic E-state index is 0.423. The molecule has 2 atom stereocenters. The largest absolute Gasteiger partial charge is 0.364 e. The minimum atomic E-state index is 0.423. The van der Waals surface area contributed by atoms with E-state index in [0.29, 0.717) is 12.2 Å². The summed E-state index contributed by atoms with van der Waals surface area (Å²) < 4.78 is 7.06. The van der Waals surface area contributed by atoms with E-state index in [2.05, 4.69) is 54.0 Å². The molecule has 2 saturated heterocycles. The number of ether oxygens (including phenoxy) is 1. The van der Waals surface area contributed by atoms with E-state index in [-0.39, 0.29) is 0 Å². The lowest BCUT2D eigenvalue weighted by Crippen LogP contribution is -3.22. The Hall–Kier alpha value is -0.420. The van der Waals surface area contributed by atoms with Gasteiger partial charge in [-0.25, -0.2) is 0 Å². The number of nitrogens with one attached hydrogen (secondary N) is 2. The Morgan fingerprint density at radius 1 is 1.05 bits per heavy atom. The summed E-state index contributed by atoms with van der Waals surface area (Å²) in [7, 11) is 0. The lowest BCUT2D eigenvalue weighted by Gasteiger charge is -2.39. The van der Waals surface area contributed by atoms with Gasteiger partial charge in [-0.15, -0.1) is 0 Å². The predicted molar refractivity (Wildman–Crippen MR) is 92.3 cm³/mol. The average molecular weight is 369 g/mol. The SMILES string of the molecule is C[C@@H]1C[NH+](C2CC[NH+](Cc3ccc(Br)cc3)CC2)C[C@@H](C)O1. The molecule has 2 aliphatic heterocycles. The van der Waals surface area contributed by atoms with Gasteiger partial charge in [-0.2, -0.15) is 0 Å². The highest BCUT2D eigenvalue weighted by Crippen LogP contribution is 2.10. The molecule has 2 aliphatic rings. The van der Waals surface area contributed by atoms with E-state index >= 15 is 0 Å². The normalized spacial score (nSPS) is 36.2. The molecule has 0 amide bonds. The van der Waals surface area contributed by atoms with E-state index in [1.54, 1.807) is 9.80 Å². The first-order chi connectivity index (χ1) is 10.6. The van der Waals surface area contributed by atoms with Gasteiger partial charge < -0.3 is 14.5 Å². The van der Waals surface area contributed by atoms with Gasteiger partial charge in [-0.3, -0.25) is 0 Å². The fraction of sp³-hybridized carbons (Fsp3) is 0.667. The summed E-state index contributed by atoms with van der Waals surface area (Å²) in [6.07, 6.45) is 3.57. The zero-order valence-corrected chi connectivity index (χ0v) is 15.4. The Kier molecular flexibility index (Phi) is 5.55. The molecule has 0 aliphatic carbocycles. The maximum Gasteiger partial charge on any atom is 0.104 e. The molecule has 2 fully saturated rings. The van der Waals surface area contributed by atoms with Gasteiger partial charge in [0.25, 0.3) is 0 Å². The number of hydrogen-bond donors (Lipinski definition) is 2. The number of halogens is 1. The van der Waals surface area contributed by atoms with Crippen LogP contribution in [-0.2, 0) is 11.3 Å². The fourth-order valence-electron chi connectivity index (χ4n) is 4.15. The third-order valence-electron chi connectivity index (χ3n) is 5.20. The molecule has 2 heterocycles. The molecule has 1 aromatic carbocycles. The van der Waals surface area contributed by atoms with Gasteiger partial charge in [0, 0.05) is 22.9 Å². The van der Waals surface area contributed by atoms with Crippen LogP contribution in [0.25, 0.3) is 0 Å². The molecule has 122 valence electrons. The second-order valence-electron chi connectivity index (χ2n) is 7.15. The van der Waals surface area contributed by atoms with E-state index in [9.17, 15) is 0 Å². The summed E-state index contributed by atoms with van der Waals surface area (Å²) in [5, 5.41) is 0. The van der Waals surface area contributed by atoms with Crippen LogP contribution >= 0.6 is 15.9 Å². The number of quaternary nitrogens is 2. The van der Waals surface area contributed by atoms with Gasteiger partial charge in [0.15, 0.2) is 0 Å². The first-order valence-corrected chi connectivity index (χ1v) is 9.47. The van der Waals surface area contributed by atoms with E-state index < -0.39 is 0 Å². The summed E-state index contributed by atoms with van der Waals surface area (Å²) in [4.78, 5) is 3.53. The number of rotatable bonds is 3. The molecule has 0 bridgehead atoms. The molecule has 1 aromatic rings. The summed E-state index contributed by atoms with van der Waals surface area (Å²) in [5.41, 5.74) is 1.46. The van der Waals surface area contributed by atoms with Crippen molar-refractivity contribution in [3.63, 3.8) is 0 Å². The lowest BCUT2D eigenvalue weighted by atomic mass is 10.0. The third kappa shape index (κ3) is 4.31. The first kappa shape index (κ1) is 16.4.